The normalized spacial score (nSPS) is 14.8. The second-order valence-electron chi connectivity index (χ2n) is 25.0. The van der Waals surface area contributed by atoms with Gasteiger partial charge in [0.15, 0.2) is 12.2 Å². The molecule has 0 aromatic rings. The highest BCUT2D eigenvalue weighted by atomic mass is 31.2. The Morgan fingerprint density at radius 1 is 0.322 bits per heavy atom. The summed E-state index contributed by atoms with van der Waals surface area (Å²) in [7, 11) is -9.90. The van der Waals surface area contributed by atoms with Gasteiger partial charge in [-0.3, -0.25) is 37.3 Å². The zero-order valence-electron chi connectivity index (χ0n) is 56.3. The van der Waals surface area contributed by atoms with E-state index in [0.717, 1.165) is 108 Å². The highest BCUT2D eigenvalue weighted by Gasteiger charge is 2.30. The molecule has 0 aliphatic heterocycles. The van der Waals surface area contributed by atoms with Crippen LogP contribution < -0.4 is 0 Å². The van der Waals surface area contributed by atoms with Gasteiger partial charge in [-0.25, -0.2) is 9.13 Å². The first-order valence-corrected chi connectivity index (χ1v) is 38.6. The molecule has 0 radical (unpaired) electrons. The van der Waals surface area contributed by atoms with Gasteiger partial charge >= 0.3 is 39.5 Å². The summed E-state index contributed by atoms with van der Waals surface area (Å²) >= 11 is 0. The Morgan fingerprint density at radius 3 is 0.816 bits per heavy atom. The number of aliphatic hydroxyl groups excluding tert-OH is 1. The maximum absolute atomic E-state index is 13.0. The van der Waals surface area contributed by atoms with Crippen molar-refractivity contribution in [1.29, 1.82) is 0 Å². The van der Waals surface area contributed by atoms with Crippen LogP contribution in [0, 0.1) is 11.8 Å². The van der Waals surface area contributed by atoms with Crippen LogP contribution in [0.15, 0.2) is 0 Å². The van der Waals surface area contributed by atoms with E-state index in [1.807, 2.05) is 0 Å². The molecule has 7 atom stereocenters. The van der Waals surface area contributed by atoms with Crippen LogP contribution in [0.1, 0.15) is 343 Å². The van der Waals surface area contributed by atoms with E-state index >= 15 is 0 Å². The predicted octanol–water partition coefficient (Wildman–Crippen LogP) is 19.2. The maximum Gasteiger partial charge on any atom is 0.472 e. The average molecular weight is 1280 g/mol. The first kappa shape index (κ1) is 85.1. The van der Waals surface area contributed by atoms with E-state index < -0.39 is 97.5 Å². The van der Waals surface area contributed by atoms with E-state index in [2.05, 4.69) is 41.5 Å². The SMILES string of the molecule is CCCCCCCCCCCCCCCC(=O)O[C@H](COC(=O)CCCCCCCCCCC(C)CC)COP(=O)(O)OC[C@@H](O)COP(=O)(O)OC[C@@H](COC(=O)CCCCCCCCC(C)CC)OC(=O)CCCCCCCCCCCCCC. The second-order valence-corrected chi connectivity index (χ2v) is 28.0. The summed E-state index contributed by atoms with van der Waals surface area (Å²) < 4.78 is 68.2. The minimum Gasteiger partial charge on any atom is -0.462 e. The van der Waals surface area contributed by atoms with E-state index in [-0.39, 0.29) is 25.7 Å². The van der Waals surface area contributed by atoms with Crippen molar-refractivity contribution in [2.24, 2.45) is 11.8 Å². The number of phosphoric ester groups is 2. The first-order valence-electron chi connectivity index (χ1n) is 35.6. The van der Waals surface area contributed by atoms with Crippen LogP contribution in [-0.2, 0) is 65.4 Å². The Hall–Kier alpha value is -1.94. The van der Waals surface area contributed by atoms with Crippen LogP contribution >= 0.6 is 15.6 Å². The van der Waals surface area contributed by atoms with Gasteiger partial charge in [0, 0.05) is 25.7 Å². The van der Waals surface area contributed by atoms with Crippen LogP contribution in [0.4, 0.5) is 0 Å². The Morgan fingerprint density at radius 2 is 0.552 bits per heavy atom. The Bertz CT molecular complexity index is 1700. The maximum atomic E-state index is 13.0. The molecule has 17 nitrogen and oxygen atoms in total. The third-order valence-electron chi connectivity index (χ3n) is 16.4. The number of phosphoric acid groups is 2. The standard InChI is InChI=1S/C68H132O17P2/c1-7-11-13-15-17-19-21-23-25-27-33-41-47-53-68(73)84-63(56-78-65(70)50-44-38-31-29-28-30-36-42-48-60(5)9-3)58-82-86(74,75)80-54-62(69)55-81-87(76,77)83-59-64(57-79-66(71)51-45-39-35-34-37-43-49-61(6)10-4)85-67(72)52-46-40-32-26-24-22-20-18-16-14-12-8-2/h60-64,69H,7-59H2,1-6H3,(H,74,75)(H,76,77)/t60?,61?,62-,63-,64-/m1/s1. The van der Waals surface area contributed by atoms with E-state index in [9.17, 15) is 43.2 Å². The van der Waals surface area contributed by atoms with Gasteiger partial charge in [0.25, 0.3) is 0 Å². The van der Waals surface area contributed by atoms with Crippen LogP contribution in [0.5, 0.6) is 0 Å². The quantitative estimate of drug-likeness (QED) is 0.0222. The van der Waals surface area contributed by atoms with Crippen molar-refractivity contribution in [3.8, 4) is 0 Å². The van der Waals surface area contributed by atoms with Gasteiger partial charge in [-0.05, 0) is 37.5 Å². The number of esters is 4. The molecule has 0 spiro atoms. The number of carbonyl (C=O) groups is 4. The van der Waals surface area contributed by atoms with Crippen LogP contribution in [0.25, 0.3) is 0 Å². The molecule has 4 unspecified atom stereocenters. The van der Waals surface area contributed by atoms with Gasteiger partial charge in [0.1, 0.15) is 19.3 Å². The molecule has 0 rings (SSSR count). The fourth-order valence-corrected chi connectivity index (χ4v) is 11.8. The van der Waals surface area contributed by atoms with E-state index in [1.54, 1.807) is 0 Å². The summed E-state index contributed by atoms with van der Waals surface area (Å²) in [6.07, 6.45) is 44.2. The smallest absolute Gasteiger partial charge is 0.462 e. The summed E-state index contributed by atoms with van der Waals surface area (Å²) in [5, 5.41) is 10.6. The first-order chi connectivity index (χ1) is 41.9. The monoisotopic (exact) mass is 1280 g/mol. The van der Waals surface area contributed by atoms with Gasteiger partial charge in [-0.15, -0.1) is 0 Å². The Balaban J connectivity index is 5.26. The lowest BCUT2D eigenvalue weighted by molar-refractivity contribution is -0.161. The molecule has 3 N–H and O–H groups in total. The van der Waals surface area contributed by atoms with Crippen molar-refractivity contribution < 1.29 is 80.2 Å². The molecule has 0 amide bonds. The number of rotatable bonds is 67. The van der Waals surface area contributed by atoms with Crippen molar-refractivity contribution in [3.05, 3.63) is 0 Å². The predicted molar refractivity (Wildman–Crippen MR) is 349 cm³/mol. The minimum absolute atomic E-state index is 0.106. The summed E-state index contributed by atoms with van der Waals surface area (Å²) in [6, 6.07) is 0. The number of carbonyl (C=O) groups excluding carboxylic acids is 4. The molecule has 19 heteroatoms. The van der Waals surface area contributed by atoms with Gasteiger partial charge in [0.05, 0.1) is 26.4 Å². The largest absolute Gasteiger partial charge is 0.472 e. The van der Waals surface area contributed by atoms with Crippen molar-refractivity contribution >= 4 is 39.5 Å². The van der Waals surface area contributed by atoms with E-state index in [4.69, 9.17) is 37.0 Å². The number of unbranched alkanes of at least 4 members (excludes halogenated alkanes) is 35. The fraction of sp³-hybridized carbons (Fsp3) is 0.941. The Kier molecular flexibility index (Phi) is 59.0. The van der Waals surface area contributed by atoms with Crippen molar-refractivity contribution in [1.82, 2.24) is 0 Å². The average Bonchev–Trinajstić information content (AvgIpc) is 3.62. The van der Waals surface area contributed by atoms with Crippen molar-refractivity contribution in [2.75, 3.05) is 39.6 Å². The number of hydrogen-bond donors (Lipinski definition) is 3. The molecule has 87 heavy (non-hydrogen) atoms. The van der Waals surface area contributed by atoms with Gasteiger partial charge in [0.2, 0.25) is 0 Å². The summed E-state index contributed by atoms with van der Waals surface area (Å²) in [4.78, 5) is 72.4. The van der Waals surface area contributed by atoms with E-state index in [1.165, 1.54) is 154 Å². The van der Waals surface area contributed by atoms with Crippen LogP contribution in [-0.4, -0.2) is 96.7 Å². The molecule has 0 saturated carbocycles. The molecular weight excluding hydrogens is 1150 g/mol. The number of hydrogen-bond acceptors (Lipinski definition) is 15. The lowest BCUT2D eigenvalue weighted by Crippen LogP contribution is -2.30. The summed E-state index contributed by atoms with van der Waals surface area (Å²) in [6.45, 7) is 9.50. The zero-order chi connectivity index (χ0) is 64.3. The molecular formula is C68H132O17P2. The van der Waals surface area contributed by atoms with Crippen LogP contribution in [0.2, 0.25) is 0 Å². The molecule has 0 aliphatic rings. The van der Waals surface area contributed by atoms with Crippen molar-refractivity contribution in [3.63, 3.8) is 0 Å². The molecule has 516 valence electrons. The molecule has 0 heterocycles. The molecule has 0 saturated heterocycles. The van der Waals surface area contributed by atoms with Gasteiger partial charge in [-0.2, -0.15) is 0 Å². The zero-order valence-corrected chi connectivity index (χ0v) is 58.1. The topological polar surface area (TPSA) is 237 Å². The van der Waals surface area contributed by atoms with E-state index in [0.29, 0.717) is 25.7 Å². The minimum atomic E-state index is -4.95. The number of aliphatic hydroxyl groups is 1. The van der Waals surface area contributed by atoms with Gasteiger partial charge < -0.3 is 33.8 Å². The lowest BCUT2D eigenvalue weighted by atomic mass is 9.99. The summed E-state index contributed by atoms with van der Waals surface area (Å²) in [5.41, 5.74) is 0. The number of ether oxygens (including phenoxy) is 4. The highest BCUT2D eigenvalue weighted by Crippen LogP contribution is 2.45. The third kappa shape index (κ3) is 60.1. The van der Waals surface area contributed by atoms with Gasteiger partial charge in [-0.1, -0.05) is 292 Å². The third-order valence-corrected chi connectivity index (χ3v) is 18.3. The molecule has 0 aromatic carbocycles. The van der Waals surface area contributed by atoms with Crippen molar-refractivity contribution in [2.45, 2.75) is 362 Å². The van der Waals surface area contributed by atoms with Crippen LogP contribution in [0.3, 0.4) is 0 Å². The Labute approximate surface area is 530 Å². The fourth-order valence-electron chi connectivity index (χ4n) is 10.2. The second kappa shape index (κ2) is 60.3. The molecule has 0 aromatic heterocycles. The summed E-state index contributed by atoms with van der Waals surface area (Å²) in [5.74, 6) is -0.617. The molecule has 0 fully saturated rings. The molecule has 0 bridgehead atoms. The lowest BCUT2D eigenvalue weighted by Gasteiger charge is -2.21. The highest BCUT2D eigenvalue weighted by molar-refractivity contribution is 7.47. The molecule has 0 aliphatic carbocycles.